The van der Waals surface area contributed by atoms with Crippen LogP contribution in [0.2, 0.25) is 0 Å². The molecule has 5 heteroatoms. The second-order valence-corrected chi connectivity index (χ2v) is 13.5. The fourth-order valence-electron chi connectivity index (χ4n) is 5.82. The van der Waals surface area contributed by atoms with Crippen molar-refractivity contribution in [3.05, 3.63) is 36.5 Å². The van der Waals surface area contributed by atoms with Gasteiger partial charge in [-0.25, -0.2) is 0 Å². The highest BCUT2D eigenvalue weighted by atomic mass is 16.3. The van der Waals surface area contributed by atoms with Crippen LogP contribution in [-0.4, -0.2) is 46.1 Å². The number of carbonyl (C=O) groups excluding carboxylic acids is 1. The maximum absolute atomic E-state index is 12.3. The summed E-state index contributed by atoms with van der Waals surface area (Å²) < 4.78 is 0. The molecule has 0 spiro atoms. The van der Waals surface area contributed by atoms with E-state index in [0.717, 1.165) is 51.4 Å². The number of hydrogen-bond acceptors (Lipinski definition) is 4. The lowest BCUT2D eigenvalue weighted by Gasteiger charge is -2.26. The van der Waals surface area contributed by atoms with Crippen molar-refractivity contribution < 1.29 is 20.1 Å². The van der Waals surface area contributed by atoms with Gasteiger partial charge in [0.2, 0.25) is 5.91 Å². The third-order valence-corrected chi connectivity index (χ3v) is 8.94. The summed E-state index contributed by atoms with van der Waals surface area (Å²) >= 11 is 0. The topological polar surface area (TPSA) is 89.8 Å². The first-order valence-corrected chi connectivity index (χ1v) is 19.8. The van der Waals surface area contributed by atoms with Crippen LogP contribution in [0.25, 0.3) is 0 Å². The van der Waals surface area contributed by atoms with Crippen molar-refractivity contribution in [2.24, 2.45) is 0 Å². The molecule has 0 bridgehead atoms. The average Bonchev–Trinajstić information content (AvgIpc) is 3.06. The van der Waals surface area contributed by atoms with Gasteiger partial charge in [0.15, 0.2) is 0 Å². The molecule has 0 aliphatic heterocycles. The first kappa shape index (κ1) is 44.6. The summed E-state index contributed by atoms with van der Waals surface area (Å²) in [5, 5.41) is 33.3. The zero-order valence-electron chi connectivity index (χ0n) is 30.5. The molecule has 0 rings (SSSR count). The lowest BCUT2D eigenvalue weighted by atomic mass is 10.0. The number of aliphatic hydroxyl groups excluding tert-OH is 3. The van der Waals surface area contributed by atoms with Gasteiger partial charge in [0, 0.05) is 6.42 Å². The number of carbonyl (C=O) groups is 1. The van der Waals surface area contributed by atoms with Crippen LogP contribution in [0.3, 0.4) is 0 Å². The molecule has 3 unspecified atom stereocenters. The Hall–Kier alpha value is -1.43. The fourth-order valence-corrected chi connectivity index (χ4v) is 5.82. The summed E-state index contributed by atoms with van der Waals surface area (Å²) in [4.78, 5) is 12.3. The molecule has 5 nitrogen and oxygen atoms in total. The molecular formula is C41H77NO4. The van der Waals surface area contributed by atoms with E-state index in [-0.39, 0.29) is 12.5 Å². The van der Waals surface area contributed by atoms with Crippen molar-refractivity contribution in [3.63, 3.8) is 0 Å². The highest BCUT2D eigenvalue weighted by Gasteiger charge is 2.26. The summed E-state index contributed by atoms with van der Waals surface area (Å²) in [5.74, 6) is -0.170. The maximum Gasteiger partial charge on any atom is 0.220 e. The highest BCUT2D eigenvalue weighted by molar-refractivity contribution is 5.76. The third-order valence-electron chi connectivity index (χ3n) is 8.94. The zero-order valence-corrected chi connectivity index (χ0v) is 30.5. The molecule has 0 aromatic heterocycles. The first-order valence-electron chi connectivity index (χ1n) is 19.8. The molecular weight excluding hydrogens is 570 g/mol. The van der Waals surface area contributed by atoms with E-state index in [0.29, 0.717) is 12.8 Å². The minimum absolute atomic E-state index is 0.170. The van der Waals surface area contributed by atoms with Crippen molar-refractivity contribution in [3.8, 4) is 0 Å². The minimum atomic E-state index is -1.17. The van der Waals surface area contributed by atoms with Gasteiger partial charge >= 0.3 is 0 Å². The molecule has 3 atom stereocenters. The molecule has 46 heavy (non-hydrogen) atoms. The molecule has 0 radical (unpaired) electrons. The molecule has 1 amide bonds. The third kappa shape index (κ3) is 31.2. The van der Waals surface area contributed by atoms with Gasteiger partial charge in [-0.3, -0.25) is 4.79 Å². The molecule has 0 aromatic carbocycles. The molecule has 0 heterocycles. The van der Waals surface area contributed by atoms with Gasteiger partial charge in [-0.1, -0.05) is 147 Å². The van der Waals surface area contributed by atoms with E-state index in [2.05, 4.69) is 55.6 Å². The van der Waals surface area contributed by atoms with E-state index in [1.54, 1.807) is 0 Å². The van der Waals surface area contributed by atoms with Gasteiger partial charge in [0.1, 0.15) is 6.10 Å². The van der Waals surface area contributed by atoms with Crippen LogP contribution in [0.15, 0.2) is 36.5 Å². The SMILES string of the molecule is CCCCC/C=C\CCCCCCCC(=O)NC(CO)C(O)C(O)CCC/C=C/CC/C=C/CCCCCCCCCCCCC. The van der Waals surface area contributed by atoms with Crippen molar-refractivity contribution in [1.82, 2.24) is 5.32 Å². The van der Waals surface area contributed by atoms with Crippen molar-refractivity contribution in [2.75, 3.05) is 6.61 Å². The Labute approximate surface area is 285 Å². The second kappa shape index (κ2) is 36.4. The Morgan fingerprint density at radius 2 is 0.891 bits per heavy atom. The summed E-state index contributed by atoms with van der Waals surface area (Å²) in [6.07, 6.45) is 43.9. The summed E-state index contributed by atoms with van der Waals surface area (Å²) in [6.45, 7) is 4.12. The van der Waals surface area contributed by atoms with Crippen LogP contribution in [0.1, 0.15) is 194 Å². The number of aliphatic hydroxyl groups is 3. The number of nitrogens with one attached hydrogen (secondary N) is 1. The number of amides is 1. The molecule has 270 valence electrons. The highest BCUT2D eigenvalue weighted by Crippen LogP contribution is 2.14. The smallest absolute Gasteiger partial charge is 0.220 e. The van der Waals surface area contributed by atoms with Crippen LogP contribution >= 0.6 is 0 Å². The van der Waals surface area contributed by atoms with Crippen LogP contribution < -0.4 is 5.32 Å². The quantitative estimate of drug-likeness (QED) is 0.0407. The summed E-state index contributed by atoms with van der Waals surface area (Å²) in [6, 6.07) is -0.834. The van der Waals surface area contributed by atoms with Crippen LogP contribution in [-0.2, 0) is 4.79 Å². The van der Waals surface area contributed by atoms with Crippen LogP contribution in [0.5, 0.6) is 0 Å². The minimum Gasteiger partial charge on any atom is -0.394 e. The molecule has 0 aliphatic carbocycles. The van der Waals surface area contributed by atoms with Gasteiger partial charge in [-0.15, -0.1) is 0 Å². The van der Waals surface area contributed by atoms with Crippen molar-refractivity contribution >= 4 is 5.91 Å². The van der Waals surface area contributed by atoms with Crippen LogP contribution in [0, 0.1) is 0 Å². The number of unbranched alkanes of at least 4 members (excludes halogenated alkanes) is 21. The maximum atomic E-state index is 12.3. The Morgan fingerprint density at radius 1 is 0.522 bits per heavy atom. The number of rotatable bonds is 35. The predicted molar refractivity (Wildman–Crippen MR) is 199 cm³/mol. The van der Waals surface area contributed by atoms with E-state index in [1.807, 2.05) is 0 Å². The largest absolute Gasteiger partial charge is 0.394 e. The molecule has 0 aromatic rings. The first-order chi connectivity index (χ1) is 22.6. The fraction of sp³-hybridized carbons (Fsp3) is 0.829. The van der Waals surface area contributed by atoms with Crippen molar-refractivity contribution in [1.29, 1.82) is 0 Å². The predicted octanol–water partition coefficient (Wildman–Crippen LogP) is 10.8. The van der Waals surface area contributed by atoms with Gasteiger partial charge in [-0.2, -0.15) is 0 Å². The van der Waals surface area contributed by atoms with Gasteiger partial charge < -0.3 is 20.6 Å². The standard InChI is InChI=1S/C41H77NO4/c1-3-5-7-9-11-13-15-17-18-19-20-21-22-23-24-25-27-29-31-33-35-39(44)41(46)38(37-43)42-40(45)36-34-32-30-28-26-16-14-12-10-8-6-4-2/h12,14,22-23,27,29,38-39,41,43-44,46H,3-11,13,15-21,24-26,28,30-37H2,1-2H3,(H,42,45)/b14-12-,23-22+,29-27+. The Kier molecular flexibility index (Phi) is 35.3. The van der Waals surface area contributed by atoms with E-state index in [9.17, 15) is 20.1 Å². The van der Waals surface area contributed by atoms with E-state index in [1.165, 1.54) is 116 Å². The monoisotopic (exact) mass is 648 g/mol. The Balaban J connectivity index is 3.74. The normalized spacial score (nSPS) is 14.1. The van der Waals surface area contributed by atoms with Gasteiger partial charge in [0.25, 0.3) is 0 Å². The molecule has 0 aliphatic rings. The van der Waals surface area contributed by atoms with E-state index >= 15 is 0 Å². The van der Waals surface area contributed by atoms with Crippen molar-refractivity contribution in [2.45, 2.75) is 212 Å². The van der Waals surface area contributed by atoms with Crippen LogP contribution in [0.4, 0.5) is 0 Å². The molecule has 0 fully saturated rings. The zero-order chi connectivity index (χ0) is 33.8. The Morgan fingerprint density at radius 3 is 1.37 bits per heavy atom. The molecule has 0 saturated carbocycles. The molecule has 4 N–H and O–H groups in total. The second-order valence-electron chi connectivity index (χ2n) is 13.5. The number of hydrogen-bond donors (Lipinski definition) is 4. The van der Waals surface area contributed by atoms with Gasteiger partial charge in [0.05, 0.1) is 18.8 Å². The summed E-state index contributed by atoms with van der Waals surface area (Å²) in [7, 11) is 0. The number of allylic oxidation sites excluding steroid dienone is 6. The van der Waals surface area contributed by atoms with Gasteiger partial charge in [-0.05, 0) is 77.0 Å². The lowest BCUT2D eigenvalue weighted by Crippen LogP contribution is -2.50. The Bertz CT molecular complexity index is 719. The average molecular weight is 648 g/mol. The summed E-state index contributed by atoms with van der Waals surface area (Å²) in [5.41, 5.74) is 0. The van der Waals surface area contributed by atoms with E-state index < -0.39 is 18.2 Å². The van der Waals surface area contributed by atoms with E-state index in [4.69, 9.17) is 0 Å². The molecule has 0 saturated heterocycles. The lowest BCUT2D eigenvalue weighted by molar-refractivity contribution is -0.124.